The monoisotopic (exact) mass is 370 g/mol. The molecule has 1 aromatic carbocycles. The Kier molecular flexibility index (Phi) is 2.96. The van der Waals surface area contributed by atoms with Gasteiger partial charge in [0.15, 0.2) is 5.54 Å². The van der Waals surface area contributed by atoms with Gasteiger partial charge in [-0.1, -0.05) is 0 Å². The van der Waals surface area contributed by atoms with Crippen LogP contribution in [0.5, 0.6) is 5.75 Å². The number of ether oxygens (including phenoxy) is 2. The summed E-state index contributed by atoms with van der Waals surface area (Å²) in [7, 11) is 0. The number of benzene rings is 1. The summed E-state index contributed by atoms with van der Waals surface area (Å²) in [6.45, 7) is 0.479. The molecule has 2 fully saturated rings. The van der Waals surface area contributed by atoms with Crippen molar-refractivity contribution in [3.05, 3.63) is 28.0 Å². The fraction of sp³-hybridized carbons (Fsp3) is 0.429. The molecule has 2 N–H and O–H groups in total. The van der Waals surface area contributed by atoms with Crippen LogP contribution in [-0.4, -0.2) is 30.8 Å². The van der Waals surface area contributed by atoms with Crippen molar-refractivity contribution in [2.75, 3.05) is 6.61 Å². The number of nitrogens with one attached hydrogen (secondary N) is 2. The van der Waals surface area contributed by atoms with Crippen LogP contribution in [0.1, 0.15) is 18.4 Å². The molecule has 8 heteroatoms. The Morgan fingerprint density at radius 2 is 2.18 bits per heavy atom. The van der Waals surface area contributed by atoms with Gasteiger partial charge in [-0.05, 0) is 34.8 Å². The lowest BCUT2D eigenvalue weighted by atomic mass is 9.77. The summed E-state index contributed by atoms with van der Waals surface area (Å²) >= 11 is 3.11. The predicted octanol–water partition coefficient (Wildman–Crippen LogP) is 1.56. The van der Waals surface area contributed by atoms with Crippen molar-refractivity contribution in [3.8, 4) is 5.75 Å². The summed E-state index contributed by atoms with van der Waals surface area (Å²) in [6, 6.07) is 2.10. The molecule has 3 heterocycles. The van der Waals surface area contributed by atoms with Crippen LogP contribution in [0.3, 0.4) is 0 Å². The number of hydrogen-bond acceptors (Lipinski definition) is 4. The highest BCUT2D eigenvalue weighted by Crippen LogP contribution is 2.46. The van der Waals surface area contributed by atoms with Crippen molar-refractivity contribution >= 4 is 27.9 Å². The van der Waals surface area contributed by atoms with Crippen molar-refractivity contribution in [3.63, 3.8) is 0 Å². The zero-order chi connectivity index (χ0) is 15.5. The van der Waals surface area contributed by atoms with Gasteiger partial charge in [0.1, 0.15) is 23.8 Å². The van der Waals surface area contributed by atoms with E-state index in [0.29, 0.717) is 18.6 Å². The molecule has 116 valence electrons. The van der Waals surface area contributed by atoms with Crippen LogP contribution < -0.4 is 15.4 Å². The topological polar surface area (TPSA) is 76.7 Å². The van der Waals surface area contributed by atoms with E-state index in [2.05, 4.69) is 26.6 Å². The Labute approximate surface area is 133 Å². The Hall–Kier alpha value is -1.67. The van der Waals surface area contributed by atoms with Crippen LogP contribution >= 0.6 is 15.9 Å². The zero-order valence-corrected chi connectivity index (χ0v) is 12.9. The Morgan fingerprint density at radius 3 is 2.91 bits per heavy atom. The highest BCUT2D eigenvalue weighted by Gasteiger charge is 2.61. The molecule has 0 saturated carbocycles. The van der Waals surface area contributed by atoms with Crippen LogP contribution in [0.25, 0.3) is 0 Å². The molecular weight excluding hydrogens is 359 g/mol. The molecule has 0 aromatic heterocycles. The number of hydrogen-bond donors (Lipinski definition) is 2. The maximum Gasteiger partial charge on any atom is 0.322 e. The highest BCUT2D eigenvalue weighted by atomic mass is 79.9. The Balaban J connectivity index is 1.95. The van der Waals surface area contributed by atoms with Gasteiger partial charge in [-0.3, -0.25) is 10.1 Å². The smallest absolute Gasteiger partial charge is 0.322 e. The molecule has 22 heavy (non-hydrogen) atoms. The van der Waals surface area contributed by atoms with E-state index in [1.165, 1.54) is 12.1 Å². The fourth-order valence-electron chi connectivity index (χ4n) is 3.39. The first-order valence-corrected chi connectivity index (χ1v) is 7.73. The van der Waals surface area contributed by atoms with Crippen molar-refractivity contribution in [2.45, 2.75) is 30.6 Å². The van der Waals surface area contributed by atoms with Crippen LogP contribution in [0, 0.1) is 5.82 Å². The molecule has 3 atom stereocenters. The molecule has 1 aromatic rings. The van der Waals surface area contributed by atoms with E-state index in [1.807, 2.05) is 0 Å². The first-order chi connectivity index (χ1) is 10.5. The summed E-state index contributed by atoms with van der Waals surface area (Å²) < 4.78 is 25.6. The summed E-state index contributed by atoms with van der Waals surface area (Å²) in [4.78, 5) is 24.3. The Morgan fingerprint density at radius 1 is 1.36 bits per heavy atom. The minimum atomic E-state index is -1.38. The second-order valence-electron chi connectivity index (χ2n) is 5.57. The van der Waals surface area contributed by atoms with Crippen LogP contribution in [0.15, 0.2) is 16.6 Å². The van der Waals surface area contributed by atoms with Crippen LogP contribution in [-0.2, 0) is 15.1 Å². The SMILES string of the molecule is O=C1NC(=O)[C@@]2(N1)c1cc(Br)c(F)cc1O[C@H]1CCCO[C@@H]12. The highest BCUT2D eigenvalue weighted by molar-refractivity contribution is 9.10. The van der Waals surface area contributed by atoms with Gasteiger partial charge in [-0.15, -0.1) is 0 Å². The second-order valence-corrected chi connectivity index (χ2v) is 6.42. The van der Waals surface area contributed by atoms with E-state index in [0.717, 1.165) is 6.42 Å². The fourth-order valence-corrected chi connectivity index (χ4v) is 3.73. The zero-order valence-electron chi connectivity index (χ0n) is 11.3. The average Bonchev–Trinajstić information content (AvgIpc) is 2.77. The summed E-state index contributed by atoms with van der Waals surface area (Å²) in [5.74, 6) is -0.740. The molecule has 6 nitrogen and oxygen atoms in total. The molecule has 3 aliphatic heterocycles. The third-order valence-electron chi connectivity index (χ3n) is 4.32. The lowest BCUT2D eigenvalue weighted by Crippen LogP contribution is -2.63. The van der Waals surface area contributed by atoms with Crippen LogP contribution in [0.4, 0.5) is 9.18 Å². The average molecular weight is 371 g/mol. The second kappa shape index (κ2) is 4.66. The Bertz CT molecular complexity index is 698. The third-order valence-corrected chi connectivity index (χ3v) is 4.92. The molecule has 0 unspecified atom stereocenters. The van der Waals surface area contributed by atoms with Gasteiger partial charge in [0.05, 0.1) is 4.47 Å². The van der Waals surface area contributed by atoms with Gasteiger partial charge in [-0.25, -0.2) is 9.18 Å². The summed E-state index contributed by atoms with van der Waals surface area (Å²) in [5, 5.41) is 4.92. The lowest BCUT2D eigenvalue weighted by molar-refractivity contribution is -0.148. The standard InChI is InChI=1S/C14H12BrFN2O4/c15-7-4-6-10(5-8(7)16)22-9-2-1-3-21-11(9)14(6)12(19)17-13(20)18-14/h4-5,9,11H,1-3H2,(H2,17,18,19,20)/t9-,11-,14+/m0/s1. The van der Waals surface area contributed by atoms with Gasteiger partial charge in [-0.2, -0.15) is 0 Å². The van der Waals surface area contributed by atoms with E-state index in [1.54, 1.807) is 0 Å². The van der Waals surface area contributed by atoms with Gasteiger partial charge in [0.2, 0.25) is 0 Å². The number of imide groups is 1. The number of carbonyl (C=O) groups is 2. The van der Waals surface area contributed by atoms with Gasteiger partial charge < -0.3 is 14.8 Å². The van der Waals surface area contributed by atoms with Crippen molar-refractivity contribution in [2.24, 2.45) is 0 Å². The van der Waals surface area contributed by atoms with E-state index < -0.39 is 35.5 Å². The van der Waals surface area contributed by atoms with Gasteiger partial charge in [0, 0.05) is 18.2 Å². The molecule has 0 aliphatic carbocycles. The van der Waals surface area contributed by atoms with E-state index in [4.69, 9.17) is 9.47 Å². The molecule has 0 radical (unpaired) electrons. The molecule has 3 amide bonds. The largest absolute Gasteiger partial charge is 0.487 e. The van der Waals surface area contributed by atoms with Crippen LogP contribution in [0.2, 0.25) is 0 Å². The van der Waals surface area contributed by atoms with Crippen molar-refractivity contribution < 1.29 is 23.5 Å². The van der Waals surface area contributed by atoms with E-state index in [-0.39, 0.29) is 10.2 Å². The number of amides is 3. The minimum absolute atomic E-state index is 0.192. The molecule has 3 aliphatic rings. The quantitative estimate of drug-likeness (QED) is 0.679. The maximum atomic E-state index is 13.8. The third kappa shape index (κ3) is 1.73. The molecule has 2 saturated heterocycles. The number of carbonyl (C=O) groups excluding carboxylic acids is 2. The lowest BCUT2D eigenvalue weighted by Gasteiger charge is -2.46. The van der Waals surface area contributed by atoms with Gasteiger partial charge in [0.25, 0.3) is 5.91 Å². The van der Waals surface area contributed by atoms with Crippen molar-refractivity contribution in [1.82, 2.24) is 10.6 Å². The van der Waals surface area contributed by atoms with E-state index >= 15 is 0 Å². The van der Waals surface area contributed by atoms with Gasteiger partial charge >= 0.3 is 6.03 Å². The number of urea groups is 1. The van der Waals surface area contributed by atoms with Crippen molar-refractivity contribution in [1.29, 1.82) is 0 Å². The predicted molar refractivity (Wildman–Crippen MR) is 75.8 cm³/mol. The normalized spacial score (nSPS) is 32.8. The number of rotatable bonds is 0. The summed E-state index contributed by atoms with van der Waals surface area (Å²) in [6.07, 6.45) is 0.400. The first-order valence-electron chi connectivity index (χ1n) is 6.94. The molecule has 4 rings (SSSR count). The molecule has 1 spiro atoms. The minimum Gasteiger partial charge on any atom is -0.487 e. The first kappa shape index (κ1) is 14.0. The van der Waals surface area contributed by atoms with E-state index in [9.17, 15) is 14.0 Å². The number of fused-ring (bicyclic) bond motifs is 4. The summed E-state index contributed by atoms with van der Waals surface area (Å²) in [5.41, 5.74) is -0.987. The molecular formula is C14H12BrFN2O4. The number of halogens is 2. The molecule has 0 bridgehead atoms. The maximum absolute atomic E-state index is 13.8.